The van der Waals surface area contributed by atoms with Gasteiger partial charge in [0, 0.05) is 13.0 Å². The van der Waals surface area contributed by atoms with E-state index >= 15 is 0 Å². The average molecular weight is 419 g/mol. The summed E-state index contributed by atoms with van der Waals surface area (Å²) < 4.78 is 31.4. The zero-order chi connectivity index (χ0) is 21.4. The molecule has 0 aliphatic rings. The molecular formula is C22H30N2O4S. The molecule has 1 amide bonds. The monoisotopic (exact) mass is 418 g/mol. The van der Waals surface area contributed by atoms with Gasteiger partial charge in [0.15, 0.2) is 0 Å². The van der Waals surface area contributed by atoms with Crippen LogP contribution in [-0.2, 0) is 14.8 Å². The van der Waals surface area contributed by atoms with Gasteiger partial charge in [0.05, 0.1) is 18.5 Å². The van der Waals surface area contributed by atoms with Crippen LogP contribution in [0.15, 0.2) is 42.5 Å². The fraction of sp³-hybridized carbons (Fsp3) is 0.409. The fourth-order valence-corrected chi connectivity index (χ4v) is 4.07. The molecule has 6 nitrogen and oxygen atoms in total. The minimum absolute atomic E-state index is 0.119. The number of ether oxygens (including phenoxy) is 1. The first kappa shape index (κ1) is 22.7. The van der Waals surface area contributed by atoms with Gasteiger partial charge in [-0.2, -0.15) is 0 Å². The van der Waals surface area contributed by atoms with Gasteiger partial charge < -0.3 is 10.1 Å². The summed E-state index contributed by atoms with van der Waals surface area (Å²) in [5.41, 5.74) is 3.75. The van der Waals surface area contributed by atoms with Gasteiger partial charge in [0.1, 0.15) is 12.4 Å². The van der Waals surface area contributed by atoms with Gasteiger partial charge in [-0.05, 0) is 68.1 Å². The highest BCUT2D eigenvalue weighted by atomic mass is 32.2. The first-order valence-corrected chi connectivity index (χ1v) is 11.5. The van der Waals surface area contributed by atoms with Gasteiger partial charge in [0.25, 0.3) is 0 Å². The number of rotatable bonds is 10. The van der Waals surface area contributed by atoms with Crippen LogP contribution in [0.1, 0.15) is 29.5 Å². The largest absolute Gasteiger partial charge is 0.492 e. The molecule has 1 N–H and O–H groups in total. The second-order valence-electron chi connectivity index (χ2n) is 7.30. The van der Waals surface area contributed by atoms with Crippen molar-refractivity contribution >= 4 is 21.6 Å². The number of carbonyl (C=O) groups is 1. The molecular weight excluding hydrogens is 388 g/mol. The molecule has 0 aromatic heterocycles. The maximum absolute atomic E-state index is 12.2. The Labute approximate surface area is 173 Å². The molecule has 29 heavy (non-hydrogen) atoms. The summed E-state index contributed by atoms with van der Waals surface area (Å²) in [5.74, 6) is 0.656. The fourth-order valence-electron chi connectivity index (χ4n) is 3.12. The molecule has 0 radical (unpaired) electrons. The Kier molecular flexibility index (Phi) is 8.08. The molecule has 0 heterocycles. The maximum atomic E-state index is 12.2. The van der Waals surface area contributed by atoms with Gasteiger partial charge in [-0.3, -0.25) is 9.10 Å². The molecule has 0 unspecified atom stereocenters. The molecule has 0 saturated heterocycles. The standard InChI is InChI=1S/C22H30N2O4S/c1-17-7-5-8-21(16-17)28-12-10-23-22(25)9-6-11-24(29(4,26)27)20-14-18(2)13-19(3)15-20/h5,7-8,13-16H,6,9-12H2,1-4H3,(H,23,25). The van der Waals surface area contributed by atoms with Crippen molar-refractivity contribution in [1.29, 1.82) is 0 Å². The number of anilines is 1. The van der Waals surface area contributed by atoms with E-state index in [4.69, 9.17) is 4.74 Å². The predicted molar refractivity (Wildman–Crippen MR) is 117 cm³/mol. The number of hydrogen-bond acceptors (Lipinski definition) is 4. The quantitative estimate of drug-likeness (QED) is 0.601. The number of nitrogens with zero attached hydrogens (tertiary/aromatic N) is 1. The maximum Gasteiger partial charge on any atom is 0.232 e. The van der Waals surface area contributed by atoms with Crippen LogP contribution < -0.4 is 14.4 Å². The molecule has 2 rings (SSSR count). The molecule has 158 valence electrons. The van der Waals surface area contributed by atoms with Crippen molar-refractivity contribution in [2.45, 2.75) is 33.6 Å². The first-order chi connectivity index (χ1) is 13.6. The van der Waals surface area contributed by atoms with E-state index in [-0.39, 0.29) is 18.9 Å². The SMILES string of the molecule is Cc1cccc(OCCNC(=O)CCCN(c2cc(C)cc(C)c2)S(C)(=O)=O)c1. The number of hydrogen-bond donors (Lipinski definition) is 1. The minimum Gasteiger partial charge on any atom is -0.492 e. The zero-order valence-electron chi connectivity index (χ0n) is 17.6. The Morgan fingerprint density at radius 3 is 2.34 bits per heavy atom. The minimum atomic E-state index is -3.42. The normalized spacial score (nSPS) is 11.2. The van der Waals surface area contributed by atoms with E-state index in [1.54, 1.807) is 0 Å². The molecule has 0 saturated carbocycles. The molecule has 0 bridgehead atoms. The number of carbonyl (C=O) groups excluding carboxylic acids is 1. The van der Waals surface area contributed by atoms with E-state index in [1.165, 1.54) is 10.6 Å². The molecule has 2 aromatic rings. The second-order valence-corrected chi connectivity index (χ2v) is 9.21. The number of aryl methyl sites for hydroxylation is 3. The zero-order valence-corrected chi connectivity index (χ0v) is 18.4. The third-order valence-electron chi connectivity index (χ3n) is 4.34. The van der Waals surface area contributed by atoms with E-state index in [2.05, 4.69) is 5.32 Å². The summed E-state index contributed by atoms with van der Waals surface area (Å²) in [6.45, 7) is 6.90. The number of benzene rings is 2. The topological polar surface area (TPSA) is 75.7 Å². The number of nitrogens with one attached hydrogen (secondary N) is 1. The molecule has 0 spiro atoms. The predicted octanol–water partition coefficient (Wildman–Crippen LogP) is 3.35. The lowest BCUT2D eigenvalue weighted by Gasteiger charge is -2.23. The van der Waals surface area contributed by atoms with E-state index in [9.17, 15) is 13.2 Å². The lowest BCUT2D eigenvalue weighted by atomic mass is 10.1. The Morgan fingerprint density at radius 2 is 1.72 bits per heavy atom. The van der Waals surface area contributed by atoms with Crippen molar-refractivity contribution in [1.82, 2.24) is 5.32 Å². The molecule has 2 aromatic carbocycles. The summed E-state index contributed by atoms with van der Waals surface area (Å²) in [6, 6.07) is 13.4. The van der Waals surface area contributed by atoms with E-state index in [1.807, 2.05) is 63.2 Å². The van der Waals surface area contributed by atoms with Gasteiger partial charge >= 0.3 is 0 Å². The molecule has 0 aliphatic carbocycles. The summed E-state index contributed by atoms with van der Waals surface area (Å²) in [6.07, 6.45) is 1.87. The number of sulfonamides is 1. The summed E-state index contributed by atoms with van der Waals surface area (Å²) in [7, 11) is -3.42. The molecule has 0 atom stereocenters. The van der Waals surface area contributed by atoms with Crippen LogP contribution >= 0.6 is 0 Å². The Bertz CT molecular complexity index is 921. The van der Waals surface area contributed by atoms with Crippen molar-refractivity contribution in [3.63, 3.8) is 0 Å². The van der Waals surface area contributed by atoms with Gasteiger partial charge in [-0.25, -0.2) is 8.42 Å². The van der Waals surface area contributed by atoms with Gasteiger partial charge in [-0.15, -0.1) is 0 Å². The Hall–Kier alpha value is -2.54. The van der Waals surface area contributed by atoms with Crippen LogP contribution in [0, 0.1) is 20.8 Å². The summed E-state index contributed by atoms with van der Waals surface area (Å²) >= 11 is 0. The highest BCUT2D eigenvalue weighted by Gasteiger charge is 2.18. The third-order valence-corrected chi connectivity index (χ3v) is 5.54. The van der Waals surface area contributed by atoms with Crippen LogP contribution in [0.25, 0.3) is 0 Å². The highest BCUT2D eigenvalue weighted by molar-refractivity contribution is 7.92. The smallest absolute Gasteiger partial charge is 0.232 e. The van der Waals surface area contributed by atoms with E-state index < -0.39 is 10.0 Å². The van der Waals surface area contributed by atoms with Crippen LogP contribution in [0.5, 0.6) is 5.75 Å². The van der Waals surface area contributed by atoms with Crippen molar-refractivity contribution in [2.24, 2.45) is 0 Å². The Morgan fingerprint density at radius 1 is 1.03 bits per heavy atom. The lowest BCUT2D eigenvalue weighted by molar-refractivity contribution is -0.121. The van der Waals surface area contributed by atoms with Crippen LogP contribution in [0.2, 0.25) is 0 Å². The second kappa shape index (κ2) is 10.3. The summed E-state index contributed by atoms with van der Waals surface area (Å²) in [5, 5.41) is 2.81. The number of amides is 1. The van der Waals surface area contributed by atoms with Gasteiger partial charge in [0.2, 0.25) is 15.9 Å². The van der Waals surface area contributed by atoms with Crippen LogP contribution in [-0.4, -0.2) is 40.3 Å². The van der Waals surface area contributed by atoms with Gasteiger partial charge in [-0.1, -0.05) is 18.2 Å². The van der Waals surface area contributed by atoms with Crippen LogP contribution in [0.3, 0.4) is 0 Å². The third kappa shape index (κ3) is 7.77. The Balaban J connectivity index is 1.79. The molecule has 0 fully saturated rings. The van der Waals surface area contributed by atoms with Crippen LogP contribution in [0.4, 0.5) is 5.69 Å². The lowest BCUT2D eigenvalue weighted by Crippen LogP contribution is -2.33. The average Bonchev–Trinajstić information content (AvgIpc) is 2.60. The summed E-state index contributed by atoms with van der Waals surface area (Å²) in [4.78, 5) is 12.0. The van der Waals surface area contributed by atoms with Crippen molar-refractivity contribution in [2.75, 3.05) is 30.3 Å². The van der Waals surface area contributed by atoms with Crippen molar-refractivity contribution in [3.8, 4) is 5.75 Å². The molecule has 7 heteroatoms. The van der Waals surface area contributed by atoms with E-state index in [0.717, 1.165) is 22.4 Å². The highest BCUT2D eigenvalue weighted by Crippen LogP contribution is 2.21. The van der Waals surface area contributed by atoms with Crippen molar-refractivity contribution < 1.29 is 17.9 Å². The van der Waals surface area contributed by atoms with E-state index in [0.29, 0.717) is 25.3 Å². The van der Waals surface area contributed by atoms with Crippen molar-refractivity contribution in [3.05, 3.63) is 59.2 Å². The molecule has 0 aliphatic heterocycles. The first-order valence-electron chi connectivity index (χ1n) is 9.67.